The van der Waals surface area contributed by atoms with Gasteiger partial charge in [-0.05, 0) is 36.7 Å². The summed E-state index contributed by atoms with van der Waals surface area (Å²) in [6, 6.07) is 12.0. The molecule has 0 aliphatic carbocycles. The Morgan fingerprint density at radius 1 is 1.19 bits per heavy atom. The second kappa shape index (κ2) is 8.88. The van der Waals surface area contributed by atoms with Crippen molar-refractivity contribution in [2.75, 3.05) is 20.2 Å². The molecular formula is C18H21FN2O4S. The lowest BCUT2D eigenvalue weighted by Gasteiger charge is -2.23. The molecule has 0 bridgehead atoms. The molecule has 0 spiro atoms. The molecule has 26 heavy (non-hydrogen) atoms. The number of nitrogens with two attached hydrogens (primary N) is 1. The van der Waals surface area contributed by atoms with Gasteiger partial charge >= 0.3 is 5.97 Å². The van der Waals surface area contributed by atoms with E-state index in [1.165, 1.54) is 4.31 Å². The van der Waals surface area contributed by atoms with Gasteiger partial charge < -0.3 is 10.5 Å². The summed E-state index contributed by atoms with van der Waals surface area (Å²) in [5.41, 5.74) is 5.98. The van der Waals surface area contributed by atoms with E-state index in [1.807, 2.05) is 6.07 Å². The van der Waals surface area contributed by atoms with E-state index < -0.39 is 21.8 Å². The highest BCUT2D eigenvalue weighted by Gasteiger charge is 2.29. The molecule has 140 valence electrons. The van der Waals surface area contributed by atoms with Crippen LogP contribution in [0.4, 0.5) is 4.39 Å². The maximum atomic E-state index is 13.5. The number of methoxy groups -OCH3 is 1. The third kappa shape index (κ3) is 4.66. The first-order chi connectivity index (χ1) is 12.4. The fourth-order valence-corrected chi connectivity index (χ4v) is 4.10. The van der Waals surface area contributed by atoms with Gasteiger partial charge in [0.2, 0.25) is 10.0 Å². The monoisotopic (exact) mass is 380 g/mol. The van der Waals surface area contributed by atoms with Crippen LogP contribution in [-0.4, -0.2) is 38.9 Å². The molecule has 2 rings (SSSR count). The second-order valence-corrected chi connectivity index (χ2v) is 7.50. The zero-order valence-electron chi connectivity index (χ0n) is 14.4. The number of ether oxygens (including phenoxy) is 1. The van der Waals surface area contributed by atoms with Gasteiger partial charge in [0.1, 0.15) is 5.82 Å². The summed E-state index contributed by atoms with van der Waals surface area (Å²) in [6.45, 7) is 0.598. The van der Waals surface area contributed by atoms with Crippen LogP contribution in [0.2, 0.25) is 0 Å². The molecule has 0 radical (unpaired) electrons. The molecule has 0 unspecified atom stereocenters. The van der Waals surface area contributed by atoms with Crippen LogP contribution in [-0.2, 0) is 21.3 Å². The van der Waals surface area contributed by atoms with Crippen LogP contribution >= 0.6 is 0 Å². The molecule has 0 aromatic heterocycles. The maximum absolute atomic E-state index is 13.5. The van der Waals surface area contributed by atoms with Crippen molar-refractivity contribution in [2.45, 2.75) is 17.9 Å². The first-order valence-electron chi connectivity index (χ1n) is 8.02. The molecule has 0 fully saturated rings. The highest BCUT2D eigenvalue weighted by atomic mass is 32.2. The predicted molar refractivity (Wildman–Crippen MR) is 95.4 cm³/mol. The van der Waals surface area contributed by atoms with Crippen LogP contribution in [0.25, 0.3) is 0 Å². The van der Waals surface area contributed by atoms with Crippen molar-refractivity contribution in [1.29, 1.82) is 0 Å². The van der Waals surface area contributed by atoms with Crippen molar-refractivity contribution in [2.24, 2.45) is 5.73 Å². The minimum Gasteiger partial charge on any atom is -0.465 e. The number of esters is 1. The van der Waals surface area contributed by atoms with Crippen molar-refractivity contribution in [3.05, 3.63) is 65.5 Å². The van der Waals surface area contributed by atoms with Crippen LogP contribution < -0.4 is 5.73 Å². The fourth-order valence-electron chi connectivity index (χ4n) is 2.47. The van der Waals surface area contributed by atoms with Gasteiger partial charge in [-0.2, -0.15) is 4.31 Å². The summed E-state index contributed by atoms with van der Waals surface area (Å²) < 4.78 is 45.7. The molecule has 0 amide bonds. The average Bonchev–Trinajstić information content (AvgIpc) is 2.64. The van der Waals surface area contributed by atoms with Gasteiger partial charge in [-0.3, -0.25) is 0 Å². The molecule has 8 heteroatoms. The SMILES string of the molecule is COC(=O)c1cc(F)ccc1S(=O)(=O)N(CCCN)Cc1ccccc1. The lowest BCUT2D eigenvalue weighted by Crippen LogP contribution is -2.33. The van der Waals surface area contributed by atoms with Crippen molar-refractivity contribution < 1.29 is 22.3 Å². The van der Waals surface area contributed by atoms with Gasteiger partial charge in [-0.1, -0.05) is 30.3 Å². The number of carbonyl (C=O) groups is 1. The van der Waals surface area contributed by atoms with Gasteiger partial charge in [0.05, 0.1) is 17.6 Å². The van der Waals surface area contributed by atoms with Crippen LogP contribution in [0.1, 0.15) is 22.3 Å². The van der Waals surface area contributed by atoms with E-state index in [9.17, 15) is 17.6 Å². The minimum absolute atomic E-state index is 0.112. The Hall–Kier alpha value is -2.29. The minimum atomic E-state index is -4.06. The lowest BCUT2D eigenvalue weighted by atomic mass is 10.2. The molecule has 0 aliphatic heterocycles. The number of benzene rings is 2. The van der Waals surface area contributed by atoms with E-state index in [0.29, 0.717) is 13.0 Å². The topological polar surface area (TPSA) is 89.7 Å². The number of nitrogens with zero attached hydrogens (tertiary/aromatic N) is 1. The largest absolute Gasteiger partial charge is 0.465 e. The second-order valence-electron chi connectivity index (χ2n) is 5.60. The zero-order valence-corrected chi connectivity index (χ0v) is 15.2. The fraction of sp³-hybridized carbons (Fsp3) is 0.278. The average molecular weight is 380 g/mol. The molecule has 2 N–H and O–H groups in total. The van der Waals surface area contributed by atoms with Crippen LogP contribution in [0.15, 0.2) is 53.4 Å². The Bertz CT molecular complexity index is 857. The van der Waals surface area contributed by atoms with E-state index in [2.05, 4.69) is 4.74 Å². The first kappa shape index (κ1) is 20.0. The van der Waals surface area contributed by atoms with Gasteiger partial charge in [0.15, 0.2) is 0 Å². The molecule has 0 atom stereocenters. The standard InChI is InChI=1S/C18H21FN2O4S/c1-25-18(22)16-12-15(19)8-9-17(16)26(23,24)21(11-5-10-20)13-14-6-3-2-4-7-14/h2-4,6-9,12H,5,10-11,13,20H2,1H3. The van der Waals surface area contributed by atoms with Crippen molar-refractivity contribution >= 4 is 16.0 Å². The van der Waals surface area contributed by atoms with Crippen molar-refractivity contribution in [3.8, 4) is 0 Å². The lowest BCUT2D eigenvalue weighted by molar-refractivity contribution is 0.0595. The van der Waals surface area contributed by atoms with Crippen molar-refractivity contribution in [3.63, 3.8) is 0 Å². The maximum Gasteiger partial charge on any atom is 0.339 e. The first-order valence-corrected chi connectivity index (χ1v) is 9.46. The molecule has 0 saturated carbocycles. The van der Waals surface area contributed by atoms with Crippen LogP contribution in [0.5, 0.6) is 0 Å². The van der Waals surface area contributed by atoms with Gasteiger partial charge in [0.25, 0.3) is 0 Å². The molecule has 0 aliphatic rings. The smallest absolute Gasteiger partial charge is 0.339 e. The van der Waals surface area contributed by atoms with E-state index >= 15 is 0 Å². The van der Waals surface area contributed by atoms with Gasteiger partial charge in [0, 0.05) is 13.1 Å². The van der Waals surface area contributed by atoms with Crippen molar-refractivity contribution in [1.82, 2.24) is 4.31 Å². The van der Waals surface area contributed by atoms with E-state index in [4.69, 9.17) is 5.73 Å². The summed E-state index contributed by atoms with van der Waals surface area (Å²) in [6.07, 6.45) is 0.445. The number of halogens is 1. The Morgan fingerprint density at radius 2 is 1.88 bits per heavy atom. The van der Waals surface area contributed by atoms with E-state index in [0.717, 1.165) is 30.9 Å². The summed E-state index contributed by atoms with van der Waals surface area (Å²) in [5.74, 6) is -1.64. The third-order valence-corrected chi connectivity index (χ3v) is 5.68. The highest BCUT2D eigenvalue weighted by molar-refractivity contribution is 7.89. The predicted octanol–water partition coefficient (Wildman–Crippen LogP) is 2.15. The number of sulfonamides is 1. The molecular weight excluding hydrogens is 359 g/mol. The normalized spacial score (nSPS) is 11.5. The summed E-state index contributed by atoms with van der Waals surface area (Å²) in [7, 11) is -2.95. The number of rotatable bonds is 8. The van der Waals surface area contributed by atoms with Crippen LogP contribution in [0, 0.1) is 5.82 Å². The van der Waals surface area contributed by atoms with Crippen LogP contribution in [0.3, 0.4) is 0 Å². The number of carbonyl (C=O) groups excluding carboxylic acids is 1. The molecule has 2 aromatic carbocycles. The third-order valence-electron chi connectivity index (χ3n) is 3.78. The Kier molecular flexibility index (Phi) is 6.84. The molecule has 0 heterocycles. The Balaban J connectivity index is 2.47. The zero-order chi connectivity index (χ0) is 19.2. The summed E-state index contributed by atoms with van der Waals surface area (Å²) in [5, 5.41) is 0. The van der Waals surface area contributed by atoms with E-state index in [1.54, 1.807) is 24.3 Å². The Morgan fingerprint density at radius 3 is 2.50 bits per heavy atom. The quantitative estimate of drug-likeness (QED) is 0.709. The molecule has 0 saturated heterocycles. The Labute approximate surface area is 152 Å². The van der Waals surface area contributed by atoms with Gasteiger partial charge in [-0.15, -0.1) is 0 Å². The number of hydrogen-bond acceptors (Lipinski definition) is 5. The highest BCUT2D eigenvalue weighted by Crippen LogP contribution is 2.24. The molecule has 2 aromatic rings. The summed E-state index contributed by atoms with van der Waals surface area (Å²) >= 11 is 0. The van der Waals surface area contributed by atoms with Gasteiger partial charge in [-0.25, -0.2) is 17.6 Å². The summed E-state index contributed by atoms with van der Waals surface area (Å²) in [4.78, 5) is 11.6. The van der Waals surface area contributed by atoms with E-state index in [-0.39, 0.29) is 23.5 Å². The molecule has 6 nitrogen and oxygen atoms in total. The number of hydrogen-bond donors (Lipinski definition) is 1.